The molecule has 2 bridgehead atoms. The van der Waals surface area contributed by atoms with Crippen molar-refractivity contribution in [3.8, 4) is 11.5 Å². The lowest BCUT2D eigenvalue weighted by molar-refractivity contribution is -0.946. The molecular formula is C41H52N3O6+. The van der Waals surface area contributed by atoms with Crippen molar-refractivity contribution in [1.29, 1.82) is 0 Å². The third-order valence-electron chi connectivity index (χ3n) is 11.8. The maximum atomic E-state index is 12.0. The Kier molecular flexibility index (Phi) is 10.6. The van der Waals surface area contributed by atoms with Gasteiger partial charge in [-0.15, -0.1) is 0 Å². The second kappa shape index (κ2) is 15.3. The number of pyridine rings is 1. The summed E-state index contributed by atoms with van der Waals surface area (Å²) in [4.78, 5) is 14.3. The molecule has 1 saturated carbocycles. The molecule has 4 heterocycles. The Bertz CT molecular complexity index is 1770. The van der Waals surface area contributed by atoms with Gasteiger partial charge in [-0.25, -0.2) is 0 Å². The van der Waals surface area contributed by atoms with Crippen molar-refractivity contribution >= 4 is 10.9 Å². The van der Waals surface area contributed by atoms with E-state index in [1.54, 1.807) is 12.1 Å². The number of benzene rings is 3. The summed E-state index contributed by atoms with van der Waals surface area (Å²) in [6.45, 7) is 6.46. The van der Waals surface area contributed by atoms with Gasteiger partial charge in [0.05, 0.1) is 44.5 Å². The largest absolute Gasteiger partial charge is 0.506 e. The number of fused-ring (bicyclic) bond motifs is 4. The van der Waals surface area contributed by atoms with E-state index < -0.39 is 11.7 Å². The van der Waals surface area contributed by atoms with Crippen molar-refractivity contribution in [2.75, 3.05) is 45.9 Å². The van der Waals surface area contributed by atoms with Crippen LogP contribution in [0, 0.1) is 11.8 Å². The Morgan fingerprint density at radius 2 is 1.70 bits per heavy atom. The highest BCUT2D eigenvalue weighted by Crippen LogP contribution is 2.43. The van der Waals surface area contributed by atoms with Gasteiger partial charge in [-0.2, -0.15) is 0 Å². The van der Waals surface area contributed by atoms with Crippen LogP contribution in [0.3, 0.4) is 0 Å². The first kappa shape index (κ1) is 34.7. The van der Waals surface area contributed by atoms with Gasteiger partial charge in [-0.1, -0.05) is 61.4 Å². The zero-order valence-electron chi connectivity index (χ0n) is 28.9. The summed E-state index contributed by atoms with van der Waals surface area (Å²) >= 11 is 0. The van der Waals surface area contributed by atoms with Crippen LogP contribution in [0.4, 0.5) is 0 Å². The first-order chi connectivity index (χ1) is 24.3. The monoisotopic (exact) mass is 682 g/mol. The number of aromatic hydroxyl groups is 1. The average molecular weight is 683 g/mol. The number of nitrogens with one attached hydrogen (secondary N) is 2. The minimum absolute atomic E-state index is 0.0224. The molecule has 1 aromatic heterocycles. The second-order valence-corrected chi connectivity index (χ2v) is 14.9. The summed E-state index contributed by atoms with van der Waals surface area (Å²) < 4.78 is 14.0. The number of nitrogens with zero attached hydrogens (tertiary/aromatic N) is 1. The number of H-pyrrole nitrogens is 1. The van der Waals surface area contributed by atoms with Crippen LogP contribution in [0.25, 0.3) is 10.9 Å². The van der Waals surface area contributed by atoms with Gasteiger partial charge in [-0.05, 0) is 59.7 Å². The van der Waals surface area contributed by atoms with Gasteiger partial charge >= 0.3 is 0 Å². The Morgan fingerprint density at radius 3 is 2.46 bits per heavy atom. The van der Waals surface area contributed by atoms with Crippen LogP contribution in [-0.4, -0.2) is 76.8 Å². The number of phenols is 1. The van der Waals surface area contributed by atoms with Crippen molar-refractivity contribution in [3.63, 3.8) is 0 Å². The average Bonchev–Trinajstić information content (AvgIpc) is 3.70. The van der Waals surface area contributed by atoms with Gasteiger partial charge in [0, 0.05) is 49.7 Å². The molecular weight excluding hydrogens is 630 g/mol. The lowest BCUT2D eigenvalue weighted by Gasteiger charge is -2.53. The van der Waals surface area contributed by atoms with E-state index in [4.69, 9.17) is 9.47 Å². The van der Waals surface area contributed by atoms with E-state index in [9.17, 15) is 20.1 Å². The number of aromatic amines is 1. The molecule has 0 spiro atoms. The third kappa shape index (κ3) is 7.62. The van der Waals surface area contributed by atoms with Crippen LogP contribution in [0.1, 0.15) is 67.7 Å². The Labute approximate surface area is 294 Å². The number of aromatic nitrogens is 1. The van der Waals surface area contributed by atoms with E-state index in [-0.39, 0.29) is 23.3 Å². The predicted molar refractivity (Wildman–Crippen MR) is 194 cm³/mol. The first-order valence-corrected chi connectivity index (χ1v) is 18.5. The summed E-state index contributed by atoms with van der Waals surface area (Å²) in [6.07, 6.45) is 7.27. The molecule has 9 heteroatoms. The standard InChI is InChI=1S/C41H51N3O6/c45-36-17-15-34(35-16-18-39(47)43-40(35)36)37(46)26-42-25-29-11-13-33(14-12-29)49-24-6-21-44-22-19-30(20-23-44)38(27-44)50-28-41(48,32-9-4-5-10-32)31-7-2-1-3-8-31/h1-3,7-8,11-18,30,32,37-38,42,46,48H,4-6,9-10,19-28H2,(H-,43,45,47)/p+1/t30?,37-,38-,41?,44?/m0/s1. The summed E-state index contributed by atoms with van der Waals surface area (Å²) in [5.41, 5.74) is 1.83. The second-order valence-electron chi connectivity index (χ2n) is 14.9. The van der Waals surface area contributed by atoms with Crippen molar-refractivity contribution in [2.45, 2.75) is 69.3 Å². The van der Waals surface area contributed by atoms with Gasteiger partial charge in [0.2, 0.25) is 5.56 Å². The molecule has 8 rings (SSSR count). The van der Waals surface area contributed by atoms with Crippen molar-refractivity contribution in [3.05, 3.63) is 106 Å². The molecule has 3 saturated heterocycles. The number of rotatable bonds is 15. The number of ether oxygens (including phenoxy) is 2. The SMILES string of the molecule is O=c1ccc2c([C@@H](O)CNCc3ccc(OCCC[N+]45CCC(CC4)[C@@H](OCC(O)(c4ccccc4)C4CCCC4)C5)cc3)ccc(O)c2[nH]1. The first-order valence-electron chi connectivity index (χ1n) is 18.5. The van der Waals surface area contributed by atoms with Crippen LogP contribution < -0.4 is 15.6 Å². The highest BCUT2D eigenvalue weighted by molar-refractivity contribution is 5.87. The lowest BCUT2D eigenvalue weighted by Crippen LogP contribution is -2.65. The molecule has 4 aromatic rings. The quantitative estimate of drug-likeness (QED) is 0.0826. The highest BCUT2D eigenvalue weighted by Gasteiger charge is 2.48. The van der Waals surface area contributed by atoms with E-state index in [0.29, 0.717) is 48.7 Å². The highest BCUT2D eigenvalue weighted by atomic mass is 16.5. The molecule has 0 radical (unpaired) electrons. The minimum Gasteiger partial charge on any atom is -0.506 e. The van der Waals surface area contributed by atoms with Crippen LogP contribution in [0.2, 0.25) is 0 Å². The van der Waals surface area contributed by atoms with E-state index in [1.165, 1.54) is 50.9 Å². The number of hydrogen-bond acceptors (Lipinski definition) is 7. The fourth-order valence-corrected chi connectivity index (χ4v) is 8.83. The van der Waals surface area contributed by atoms with Gasteiger partial charge < -0.3 is 39.6 Å². The van der Waals surface area contributed by atoms with Gasteiger partial charge in [0.25, 0.3) is 0 Å². The van der Waals surface area contributed by atoms with E-state index in [2.05, 4.69) is 22.4 Å². The van der Waals surface area contributed by atoms with Gasteiger partial charge in [0.1, 0.15) is 29.7 Å². The number of quaternary nitrogens is 1. The molecule has 0 amide bonds. The molecule has 5 N–H and O–H groups in total. The number of hydrogen-bond donors (Lipinski definition) is 5. The number of aliphatic hydroxyl groups excluding tert-OH is 1. The maximum Gasteiger partial charge on any atom is 0.248 e. The summed E-state index contributed by atoms with van der Waals surface area (Å²) in [7, 11) is 0. The fourth-order valence-electron chi connectivity index (χ4n) is 8.83. The molecule has 1 unspecified atom stereocenters. The molecule has 3 aromatic carbocycles. The smallest absolute Gasteiger partial charge is 0.248 e. The number of phenolic OH excluding ortho intramolecular Hbond substituents is 1. The van der Waals surface area contributed by atoms with E-state index in [1.807, 2.05) is 42.5 Å². The molecule has 1 aliphatic carbocycles. The zero-order valence-corrected chi connectivity index (χ0v) is 28.9. The number of aliphatic hydroxyl groups is 2. The van der Waals surface area contributed by atoms with Crippen molar-refractivity contribution < 1.29 is 29.3 Å². The van der Waals surface area contributed by atoms with Crippen LogP contribution in [0.5, 0.6) is 11.5 Å². The van der Waals surface area contributed by atoms with E-state index in [0.717, 1.165) is 53.7 Å². The molecule has 266 valence electrons. The van der Waals surface area contributed by atoms with E-state index >= 15 is 0 Å². The maximum absolute atomic E-state index is 12.0. The normalized spacial score (nSPS) is 24.0. The Morgan fingerprint density at radius 1 is 0.940 bits per heavy atom. The topological polar surface area (TPSA) is 124 Å². The summed E-state index contributed by atoms with van der Waals surface area (Å²) in [5, 5.41) is 36.9. The van der Waals surface area contributed by atoms with Crippen molar-refractivity contribution in [2.24, 2.45) is 11.8 Å². The summed E-state index contributed by atoms with van der Waals surface area (Å²) in [6, 6.07) is 24.5. The van der Waals surface area contributed by atoms with Crippen LogP contribution in [-0.2, 0) is 16.9 Å². The zero-order chi connectivity index (χ0) is 34.6. The third-order valence-corrected chi connectivity index (χ3v) is 11.8. The van der Waals surface area contributed by atoms with Gasteiger partial charge in [-0.3, -0.25) is 4.79 Å². The molecule has 3 aliphatic heterocycles. The minimum atomic E-state index is -0.915. The molecule has 4 aliphatic rings. The molecule has 4 fully saturated rings. The summed E-state index contributed by atoms with van der Waals surface area (Å²) in [5.74, 6) is 1.68. The van der Waals surface area contributed by atoms with Gasteiger partial charge in [0.15, 0.2) is 0 Å². The van der Waals surface area contributed by atoms with Crippen LogP contribution >= 0.6 is 0 Å². The Hall–Kier alpha value is -3.73. The van der Waals surface area contributed by atoms with Crippen LogP contribution in [0.15, 0.2) is 83.7 Å². The fraction of sp³-hybridized carbons (Fsp3) is 0.488. The lowest BCUT2D eigenvalue weighted by atomic mass is 9.80. The predicted octanol–water partition coefficient (Wildman–Crippen LogP) is 5.53. The Balaban J connectivity index is 0.859. The molecule has 9 nitrogen and oxygen atoms in total. The molecule has 50 heavy (non-hydrogen) atoms. The molecule has 3 atom stereocenters. The van der Waals surface area contributed by atoms with Crippen molar-refractivity contribution in [1.82, 2.24) is 10.3 Å². The number of piperidine rings is 3.